The Morgan fingerprint density at radius 2 is 1.72 bits per heavy atom. The first kappa shape index (κ1) is 24.3. The van der Waals surface area contributed by atoms with Gasteiger partial charge in [0.1, 0.15) is 0 Å². The molecule has 32 heavy (non-hydrogen) atoms. The Bertz CT molecular complexity index is 891. The molecule has 2 amide bonds. The van der Waals surface area contributed by atoms with Gasteiger partial charge in [-0.25, -0.2) is 0 Å². The van der Waals surface area contributed by atoms with E-state index in [4.69, 9.17) is 11.6 Å². The number of rotatable bonds is 9. The van der Waals surface area contributed by atoms with Crippen LogP contribution in [0, 0.1) is 5.92 Å². The molecule has 2 unspecified atom stereocenters. The first-order valence-electron chi connectivity index (χ1n) is 11.2. The van der Waals surface area contributed by atoms with E-state index in [2.05, 4.69) is 10.6 Å². The molecular weight excluding hydrogens is 427 g/mol. The molecule has 1 saturated carbocycles. The lowest BCUT2D eigenvalue weighted by Crippen LogP contribution is -2.48. The third-order valence-corrected chi connectivity index (χ3v) is 6.24. The molecule has 3 rings (SSSR count). The highest BCUT2D eigenvalue weighted by Crippen LogP contribution is 2.28. The minimum atomic E-state index is -1.63. The molecule has 0 heterocycles. The average molecular weight is 457 g/mol. The van der Waals surface area contributed by atoms with E-state index < -0.39 is 19.1 Å². The highest BCUT2D eigenvalue weighted by molar-refractivity contribution is 6.43. The van der Waals surface area contributed by atoms with Gasteiger partial charge in [-0.3, -0.25) is 9.59 Å². The highest BCUT2D eigenvalue weighted by Gasteiger charge is 2.30. The second-order valence-corrected chi connectivity index (χ2v) is 8.91. The van der Waals surface area contributed by atoms with Gasteiger partial charge in [-0.1, -0.05) is 74.0 Å². The van der Waals surface area contributed by atoms with E-state index in [1.165, 1.54) is 6.42 Å². The van der Waals surface area contributed by atoms with Gasteiger partial charge in [0.05, 0.1) is 18.4 Å². The van der Waals surface area contributed by atoms with Crippen LogP contribution in [0.4, 0.5) is 0 Å². The number of hydrogen-bond acceptors (Lipinski definition) is 4. The maximum absolute atomic E-state index is 12.9. The number of carbonyl (C=O) groups excluding carboxylic acids is 2. The third-order valence-electron chi connectivity index (χ3n) is 6.00. The maximum atomic E-state index is 12.9. The van der Waals surface area contributed by atoms with Crippen molar-refractivity contribution in [3.63, 3.8) is 0 Å². The summed E-state index contributed by atoms with van der Waals surface area (Å²) >= 11 is 6.13. The number of nitrogens with one attached hydrogen (secondary N) is 2. The lowest BCUT2D eigenvalue weighted by Gasteiger charge is -2.27. The van der Waals surface area contributed by atoms with Gasteiger partial charge < -0.3 is 20.7 Å². The van der Waals surface area contributed by atoms with Gasteiger partial charge in [0.15, 0.2) is 0 Å². The van der Waals surface area contributed by atoms with Crippen LogP contribution in [0.5, 0.6) is 0 Å². The van der Waals surface area contributed by atoms with Crippen molar-refractivity contribution in [2.24, 2.45) is 5.92 Å². The second kappa shape index (κ2) is 12.0. The SMILES string of the molecule is O=C(CC(NC(=O)c1ccccc1)c1cccc(Cl)c1)NC(CC1CCCCC1)B(O)O. The molecule has 2 aromatic rings. The number of halogens is 1. The van der Waals surface area contributed by atoms with Crippen molar-refractivity contribution in [1.29, 1.82) is 0 Å². The average Bonchev–Trinajstić information content (AvgIpc) is 2.79. The van der Waals surface area contributed by atoms with Crippen LogP contribution in [0.1, 0.15) is 66.9 Å². The van der Waals surface area contributed by atoms with Gasteiger partial charge in [0, 0.05) is 10.6 Å². The molecule has 0 bridgehead atoms. The molecular formula is C24H30BClN2O4. The van der Waals surface area contributed by atoms with Gasteiger partial charge >= 0.3 is 7.12 Å². The molecule has 4 N–H and O–H groups in total. The molecule has 0 radical (unpaired) electrons. The highest BCUT2D eigenvalue weighted by atomic mass is 35.5. The van der Waals surface area contributed by atoms with E-state index in [0.717, 1.165) is 25.7 Å². The topological polar surface area (TPSA) is 98.7 Å². The van der Waals surface area contributed by atoms with Gasteiger partial charge in [0.2, 0.25) is 5.91 Å². The summed E-state index contributed by atoms with van der Waals surface area (Å²) in [6, 6.07) is 15.2. The molecule has 1 aliphatic rings. The van der Waals surface area contributed by atoms with Crippen molar-refractivity contribution >= 4 is 30.5 Å². The summed E-state index contributed by atoms with van der Waals surface area (Å²) in [7, 11) is -1.63. The Labute approximate surface area is 194 Å². The van der Waals surface area contributed by atoms with Crippen LogP contribution < -0.4 is 10.6 Å². The fourth-order valence-corrected chi connectivity index (χ4v) is 4.49. The molecule has 6 nitrogen and oxygen atoms in total. The number of amides is 2. The maximum Gasteiger partial charge on any atom is 0.475 e. The van der Waals surface area contributed by atoms with E-state index in [9.17, 15) is 19.6 Å². The monoisotopic (exact) mass is 456 g/mol. The van der Waals surface area contributed by atoms with Crippen LogP contribution in [0.25, 0.3) is 0 Å². The number of hydrogen-bond donors (Lipinski definition) is 4. The number of carbonyl (C=O) groups is 2. The van der Waals surface area contributed by atoms with Crippen LogP contribution in [0.2, 0.25) is 5.02 Å². The zero-order valence-electron chi connectivity index (χ0n) is 18.0. The van der Waals surface area contributed by atoms with Crippen molar-refractivity contribution in [3.8, 4) is 0 Å². The fourth-order valence-electron chi connectivity index (χ4n) is 4.29. The summed E-state index contributed by atoms with van der Waals surface area (Å²) in [4.78, 5) is 25.6. The molecule has 8 heteroatoms. The smallest absolute Gasteiger partial charge is 0.426 e. The Hall–Kier alpha value is -2.35. The number of benzene rings is 2. The Morgan fingerprint density at radius 3 is 2.38 bits per heavy atom. The van der Waals surface area contributed by atoms with Gasteiger partial charge in [0.25, 0.3) is 5.91 Å². The van der Waals surface area contributed by atoms with Crippen molar-refractivity contribution in [2.45, 2.75) is 56.9 Å². The molecule has 0 spiro atoms. The minimum absolute atomic E-state index is 0.0488. The summed E-state index contributed by atoms with van der Waals surface area (Å²) in [5.41, 5.74) is 1.19. The Balaban J connectivity index is 1.69. The fraction of sp³-hybridized carbons (Fsp3) is 0.417. The molecule has 0 aliphatic heterocycles. The van der Waals surface area contributed by atoms with Crippen LogP contribution >= 0.6 is 11.6 Å². The standard InChI is InChI=1S/C24H30BClN2O4/c26-20-13-7-12-19(15-20)21(27-24(30)18-10-5-2-6-11-18)16-23(29)28-22(25(31)32)14-17-8-3-1-4-9-17/h2,5-7,10-13,15,17,21-22,31-32H,1,3-4,8-9,14,16H2,(H,27,30)(H,28,29). The summed E-state index contributed by atoms with van der Waals surface area (Å²) in [5, 5.41) is 25.8. The third kappa shape index (κ3) is 7.36. The van der Waals surface area contributed by atoms with Gasteiger partial charge in [-0.05, 0) is 42.2 Å². The summed E-state index contributed by atoms with van der Waals surface area (Å²) in [6.45, 7) is 0. The molecule has 1 fully saturated rings. The van der Waals surface area contributed by atoms with E-state index in [1.807, 2.05) is 6.07 Å². The van der Waals surface area contributed by atoms with E-state index in [0.29, 0.717) is 28.5 Å². The van der Waals surface area contributed by atoms with E-state index >= 15 is 0 Å². The van der Waals surface area contributed by atoms with Crippen LogP contribution in [0.3, 0.4) is 0 Å². The summed E-state index contributed by atoms with van der Waals surface area (Å²) in [6.07, 6.45) is 6.03. The normalized spacial score (nSPS) is 16.1. The van der Waals surface area contributed by atoms with E-state index in [1.54, 1.807) is 48.5 Å². The minimum Gasteiger partial charge on any atom is -0.426 e. The molecule has 0 aromatic heterocycles. The zero-order valence-corrected chi connectivity index (χ0v) is 18.8. The predicted octanol–water partition coefficient (Wildman–Crippen LogP) is 3.67. The first-order chi connectivity index (χ1) is 15.4. The molecule has 0 saturated heterocycles. The Morgan fingerprint density at radius 1 is 1.00 bits per heavy atom. The molecule has 1 aliphatic carbocycles. The van der Waals surface area contributed by atoms with Crippen molar-refractivity contribution in [3.05, 3.63) is 70.7 Å². The van der Waals surface area contributed by atoms with Crippen LogP contribution in [0.15, 0.2) is 54.6 Å². The van der Waals surface area contributed by atoms with Crippen molar-refractivity contribution in [1.82, 2.24) is 10.6 Å². The molecule has 170 valence electrons. The van der Waals surface area contributed by atoms with Gasteiger partial charge in [-0.15, -0.1) is 0 Å². The quantitative estimate of drug-likeness (QED) is 0.433. The molecule has 2 aromatic carbocycles. The first-order valence-corrected chi connectivity index (χ1v) is 11.6. The largest absolute Gasteiger partial charge is 0.475 e. The van der Waals surface area contributed by atoms with Crippen molar-refractivity contribution < 1.29 is 19.6 Å². The predicted molar refractivity (Wildman–Crippen MR) is 126 cm³/mol. The van der Waals surface area contributed by atoms with Crippen molar-refractivity contribution in [2.75, 3.05) is 0 Å². The zero-order chi connectivity index (χ0) is 22.9. The lowest BCUT2D eigenvalue weighted by molar-refractivity contribution is -0.122. The van der Waals surface area contributed by atoms with E-state index in [-0.39, 0.29) is 18.2 Å². The second-order valence-electron chi connectivity index (χ2n) is 8.48. The van der Waals surface area contributed by atoms with Gasteiger partial charge in [-0.2, -0.15) is 0 Å². The molecule has 2 atom stereocenters. The van der Waals surface area contributed by atoms with Crippen LogP contribution in [-0.2, 0) is 4.79 Å². The Kier molecular flexibility index (Phi) is 9.15. The summed E-state index contributed by atoms with van der Waals surface area (Å²) in [5.74, 6) is -1.03. The lowest BCUT2D eigenvalue weighted by atomic mass is 9.71. The van der Waals surface area contributed by atoms with Crippen LogP contribution in [-0.4, -0.2) is 34.9 Å². The summed E-state index contributed by atoms with van der Waals surface area (Å²) < 4.78 is 0.